The molecule has 1 aliphatic heterocycles. The van der Waals surface area contributed by atoms with Crippen LogP contribution < -0.4 is 4.72 Å². The van der Waals surface area contributed by atoms with Gasteiger partial charge >= 0.3 is 0 Å². The number of rotatable bonds is 7. The van der Waals surface area contributed by atoms with E-state index in [1.54, 1.807) is 12.1 Å². The average molecular weight is 409 g/mol. The summed E-state index contributed by atoms with van der Waals surface area (Å²) in [7, 11) is -3.59. The zero-order chi connectivity index (χ0) is 19.3. The maximum absolute atomic E-state index is 12.7. The first-order valence-corrected chi connectivity index (χ1v) is 11.0. The molecule has 1 fully saturated rings. The average Bonchev–Trinajstić information content (AvgIpc) is 2.70. The maximum Gasteiger partial charge on any atom is 0.240 e. The normalized spacial score (nSPS) is 17.0. The maximum atomic E-state index is 12.7. The Labute approximate surface area is 166 Å². The molecule has 0 radical (unpaired) electrons. The Morgan fingerprint density at radius 1 is 1.11 bits per heavy atom. The van der Waals surface area contributed by atoms with E-state index in [2.05, 4.69) is 9.62 Å². The van der Waals surface area contributed by atoms with Gasteiger partial charge in [-0.05, 0) is 35.7 Å². The summed E-state index contributed by atoms with van der Waals surface area (Å²) in [6.07, 6.45) is 0.874. The van der Waals surface area contributed by atoms with Crippen molar-refractivity contribution in [1.82, 2.24) is 9.62 Å². The summed E-state index contributed by atoms with van der Waals surface area (Å²) in [5, 5.41) is 0.639. The van der Waals surface area contributed by atoms with Crippen LogP contribution in [0.15, 0.2) is 53.4 Å². The molecule has 0 aliphatic carbocycles. The van der Waals surface area contributed by atoms with Crippen LogP contribution in [-0.4, -0.2) is 46.2 Å². The zero-order valence-corrected chi connectivity index (χ0v) is 17.0. The third-order valence-electron chi connectivity index (χ3n) is 4.86. The van der Waals surface area contributed by atoms with E-state index in [1.165, 1.54) is 0 Å². The third-order valence-corrected chi connectivity index (χ3v) is 6.64. The first-order valence-electron chi connectivity index (χ1n) is 9.16. The lowest BCUT2D eigenvalue weighted by Gasteiger charge is -2.35. The lowest BCUT2D eigenvalue weighted by Crippen LogP contribution is -2.43. The van der Waals surface area contributed by atoms with E-state index in [9.17, 15) is 8.42 Å². The van der Waals surface area contributed by atoms with Gasteiger partial charge in [-0.15, -0.1) is 0 Å². The van der Waals surface area contributed by atoms with Crippen LogP contribution >= 0.6 is 11.6 Å². The highest BCUT2D eigenvalue weighted by Crippen LogP contribution is 2.28. The molecular weight excluding hydrogens is 384 g/mol. The summed E-state index contributed by atoms with van der Waals surface area (Å²) in [4.78, 5) is 2.49. The molecule has 3 rings (SSSR count). The SMILES string of the molecule is CCc1ccc(S(=O)(=O)NC[C@H](c2ccccc2Cl)N2CCOCC2)cc1. The van der Waals surface area contributed by atoms with E-state index < -0.39 is 10.0 Å². The molecule has 1 N–H and O–H groups in total. The predicted molar refractivity (Wildman–Crippen MR) is 108 cm³/mol. The zero-order valence-electron chi connectivity index (χ0n) is 15.4. The predicted octanol–water partition coefficient (Wildman–Crippen LogP) is 3.25. The number of aryl methyl sites for hydroxylation is 1. The summed E-state index contributed by atoms with van der Waals surface area (Å²) < 4.78 is 33.7. The Morgan fingerprint density at radius 2 is 1.78 bits per heavy atom. The van der Waals surface area contributed by atoms with Crippen LogP contribution in [0.2, 0.25) is 5.02 Å². The minimum atomic E-state index is -3.59. The van der Waals surface area contributed by atoms with Gasteiger partial charge < -0.3 is 4.74 Å². The molecule has 0 bridgehead atoms. The monoisotopic (exact) mass is 408 g/mol. The van der Waals surface area contributed by atoms with E-state index in [0.29, 0.717) is 18.2 Å². The first kappa shape index (κ1) is 20.3. The fraction of sp³-hybridized carbons (Fsp3) is 0.400. The number of benzene rings is 2. The van der Waals surface area contributed by atoms with Gasteiger partial charge in [0.2, 0.25) is 10.0 Å². The molecule has 1 atom stereocenters. The van der Waals surface area contributed by atoms with Crippen molar-refractivity contribution in [1.29, 1.82) is 0 Å². The molecule has 2 aromatic rings. The van der Waals surface area contributed by atoms with Gasteiger partial charge in [0.25, 0.3) is 0 Å². The van der Waals surface area contributed by atoms with Gasteiger partial charge in [0.1, 0.15) is 0 Å². The van der Waals surface area contributed by atoms with Gasteiger partial charge in [-0.25, -0.2) is 13.1 Å². The molecular formula is C20H25ClN2O3S. The number of halogens is 1. The highest BCUT2D eigenvalue weighted by Gasteiger charge is 2.26. The Bertz CT molecular complexity index is 850. The quantitative estimate of drug-likeness (QED) is 0.764. The van der Waals surface area contributed by atoms with E-state index in [0.717, 1.165) is 30.6 Å². The fourth-order valence-electron chi connectivity index (χ4n) is 3.25. The lowest BCUT2D eigenvalue weighted by molar-refractivity contribution is 0.0172. The Balaban J connectivity index is 1.80. The van der Waals surface area contributed by atoms with Crippen LogP contribution in [0.1, 0.15) is 24.1 Å². The molecule has 1 aliphatic rings. The van der Waals surface area contributed by atoms with Gasteiger partial charge in [-0.2, -0.15) is 0 Å². The minimum Gasteiger partial charge on any atom is -0.379 e. The summed E-state index contributed by atoms with van der Waals surface area (Å²) in [6, 6.07) is 14.4. The van der Waals surface area contributed by atoms with Gasteiger partial charge in [-0.1, -0.05) is 48.9 Å². The number of ether oxygens (including phenoxy) is 1. The summed E-state index contributed by atoms with van der Waals surface area (Å²) in [6.45, 7) is 5.03. The molecule has 0 amide bonds. The smallest absolute Gasteiger partial charge is 0.240 e. The number of hydrogen-bond acceptors (Lipinski definition) is 4. The van der Waals surface area contributed by atoms with Crippen molar-refractivity contribution in [2.75, 3.05) is 32.8 Å². The summed E-state index contributed by atoms with van der Waals surface area (Å²) in [5.41, 5.74) is 2.03. The van der Waals surface area contributed by atoms with Crippen molar-refractivity contribution in [2.45, 2.75) is 24.3 Å². The molecule has 1 saturated heterocycles. The van der Waals surface area contributed by atoms with Gasteiger partial charge in [0.05, 0.1) is 18.1 Å². The fourth-order valence-corrected chi connectivity index (χ4v) is 4.55. The molecule has 0 saturated carbocycles. The third kappa shape index (κ3) is 5.09. The number of sulfonamides is 1. The molecule has 27 heavy (non-hydrogen) atoms. The molecule has 5 nitrogen and oxygen atoms in total. The topological polar surface area (TPSA) is 58.6 Å². The van der Waals surface area contributed by atoms with Crippen molar-refractivity contribution >= 4 is 21.6 Å². The van der Waals surface area contributed by atoms with Gasteiger partial charge in [0, 0.05) is 30.7 Å². The Morgan fingerprint density at radius 3 is 2.41 bits per heavy atom. The van der Waals surface area contributed by atoms with Gasteiger partial charge in [0.15, 0.2) is 0 Å². The Kier molecular flexibility index (Phi) is 6.89. The van der Waals surface area contributed by atoms with Crippen LogP contribution in [-0.2, 0) is 21.2 Å². The number of nitrogens with zero attached hydrogens (tertiary/aromatic N) is 1. The lowest BCUT2D eigenvalue weighted by atomic mass is 10.0. The second-order valence-corrected chi connectivity index (χ2v) is 8.71. The Hall–Kier alpha value is -1.44. The summed E-state index contributed by atoms with van der Waals surface area (Å²) in [5.74, 6) is 0. The van der Waals surface area contributed by atoms with Crippen molar-refractivity contribution < 1.29 is 13.2 Å². The van der Waals surface area contributed by atoms with Crippen molar-refractivity contribution in [2.24, 2.45) is 0 Å². The van der Waals surface area contributed by atoms with Crippen molar-refractivity contribution in [3.8, 4) is 0 Å². The minimum absolute atomic E-state index is 0.146. The standard InChI is InChI=1S/C20H25ClN2O3S/c1-2-16-7-9-17(10-8-16)27(24,25)22-15-20(23-11-13-26-14-12-23)18-5-3-4-6-19(18)21/h3-10,20,22H,2,11-15H2,1H3/t20-/m1/s1. The molecule has 2 aromatic carbocycles. The number of hydrogen-bond donors (Lipinski definition) is 1. The molecule has 0 aromatic heterocycles. The number of morpholine rings is 1. The van der Waals surface area contributed by atoms with Crippen LogP contribution in [0.3, 0.4) is 0 Å². The van der Waals surface area contributed by atoms with Crippen molar-refractivity contribution in [3.05, 3.63) is 64.7 Å². The van der Waals surface area contributed by atoms with Gasteiger partial charge in [-0.3, -0.25) is 4.90 Å². The van der Waals surface area contributed by atoms with E-state index in [4.69, 9.17) is 16.3 Å². The van der Waals surface area contributed by atoms with Crippen LogP contribution in [0, 0.1) is 0 Å². The largest absolute Gasteiger partial charge is 0.379 e. The molecule has 0 spiro atoms. The number of nitrogens with one attached hydrogen (secondary N) is 1. The summed E-state index contributed by atoms with van der Waals surface area (Å²) >= 11 is 6.40. The second kappa shape index (κ2) is 9.17. The highest BCUT2D eigenvalue weighted by atomic mass is 35.5. The van der Waals surface area contributed by atoms with E-state index in [1.807, 2.05) is 43.3 Å². The second-order valence-electron chi connectivity index (χ2n) is 6.54. The van der Waals surface area contributed by atoms with Crippen LogP contribution in [0.25, 0.3) is 0 Å². The van der Waals surface area contributed by atoms with Crippen LogP contribution in [0.5, 0.6) is 0 Å². The molecule has 1 heterocycles. The van der Waals surface area contributed by atoms with E-state index in [-0.39, 0.29) is 17.5 Å². The van der Waals surface area contributed by atoms with Crippen molar-refractivity contribution in [3.63, 3.8) is 0 Å². The first-order chi connectivity index (χ1) is 13.0. The van der Waals surface area contributed by atoms with E-state index >= 15 is 0 Å². The van der Waals surface area contributed by atoms with Crippen LogP contribution in [0.4, 0.5) is 0 Å². The highest BCUT2D eigenvalue weighted by molar-refractivity contribution is 7.89. The molecule has 0 unspecified atom stereocenters. The molecule has 7 heteroatoms. The molecule has 146 valence electrons.